The Hall–Kier alpha value is -3.31. The Morgan fingerprint density at radius 1 is 1.21 bits per heavy atom. The number of anilines is 2. The summed E-state index contributed by atoms with van der Waals surface area (Å²) < 4.78 is 44.6. The number of hydrogen-bond acceptors (Lipinski definition) is 7. The number of nitrogens with zero attached hydrogens (tertiary/aromatic N) is 1. The van der Waals surface area contributed by atoms with Gasteiger partial charge in [0.15, 0.2) is 6.10 Å². The largest absolute Gasteiger partial charge is 0.497 e. The molecule has 10 nitrogen and oxygen atoms in total. The van der Waals surface area contributed by atoms with E-state index in [0.717, 1.165) is 0 Å². The van der Waals surface area contributed by atoms with Crippen molar-refractivity contribution in [2.45, 2.75) is 43.7 Å². The summed E-state index contributed by atoms with van der Waals surface area (Å²) in [5.41, 5.74) is 1.25. The summed E-state index contributed by atoms with van der Waals surface area (Å²) in [5, 5.41) is 5.50. The highest BCUT2D eigenvalue weighted by atomic mass is 32.2. The molecule has 2 atom stereocenters. The highest BCUT2D eigenvalue weighted by molar-refractivity contribution is 7.89. The maximum Gasteiger partial charge on any atom is 0.265 e. The number of hydrogen-bond donors (Lipinski definition) is 2. The van der Waals surface area contributed by atoms with Crippen molar-refractivity contribution in [3.8, 4) is 17.2 Å². The maximum absolute atomic E-state index is 13.6. The lowest BCUT2D eigenvalue weighted by molar-refractivity contribution is -0.122. The topological polar surface area (TPSA) is 123 Å². The second-order valence-electron chi connectivity index (χ2n) is 8.19. The molecule has 2 heterocycles. The van der Waals surface area contributed by atoms with Crippen LogP contribution >= 0.6 is 0 Å². The van der Waals surface area contributed by atoms with E-state index in [1.807, 2.05) is 0 Å². The van der Waals surface area contributed by atoms with E-state index in [-0.39, 0.29) is 23.1 Å². The van der Waals surface area contributed by atoms with Crippen LogP contribution in [0.25, 0.3) is 0 Å². The van der Waals surface area contributed by atoms with Gasteiger partial charge in [-0.2, -0.15) is 4.31 Å². The molecule has 2 unspecified atom stereocenters. The first-order valence-electron chi connectivity index (χ1n) is 10.8. The fourth-order valence-electron chi connectivity index (χ4n) is 4.16. The molecule has 182 valence electrons. The van der Waals surface area contributed by atoms with Crippen LogP contribution in [-0.2, 0) is 19.6 Å². The van der Waals surface area contributed by atoms with E-state index < -0.39 is 28.1 Å². The SMILES string of the molecule is COc1ccc(OC)c(NC(=O)C2CCCN2S(=O)(=O)c2cc3c(cc2C)NC(=O)C(C)O3)c1. The first-order valence-corrected chi connectivity index (χ1v) is 12.3. The number of benzene rings is 2. The van der Waals surface area contributed by atoms with Gasteiger partial charge in [-0.05, 0) is 50.5 Å². The zero-order valence-electron chi connectivity index (χ0n) is 19.4. The van der Waals surface area contributed by atoms with Crippen molar-refractivity contribution in [2.24, 2.45) is 0 Å². The first kappa shape index (κ1) is 23.8. The highest BCUT2D eigenvalue weighted by Crippen LogP contribution is 2.37. The third-order valence-corrected chi connectivity index (χ3v) is 8.02. The number of amides is 2. The van der Waals surface area contributed by atoms with E-state index in [1.54, 1.807) is 38.1 Å². The van der Waals surface area contributed by atoms with E-state index in [2.05, 4.69) is 10.6 Å². The molecule has 0 aromatic heterocycles. The van der Waals surface area contributed by atoms with Crippen LogP contribution in [0.5, 0.6) is 17.2 Å². The van der Waals surface area contributed by atoms with Crippen LogP contribution in [0.2, 0.25) is 0 Å². The van der Waals surface area contributed by atoms with Crippen molar-refractivity contribution in [1.82, 2.24) is 4.31 Å². The van der Waals surface area contributed by atoms with Gasteiger partial charge in [-0.1, -0.05) is 0 Å². The average molecular weight is 490 g/mol. The van der Waals surface area contributed by atoms with Crippen molar-refractivity contribution < 1.29 is 32.2 Å². The predicted molar refractivity (Wildman–Crippen MR) is 125 cm³/mol. The van der Waals surface area contributed by atoms with Crippen LogP contribution in [-0.4, -0.2) is 57.4 Å². The number of sulfonamides is 1. The molecule has 0 bridgehead atoms. The molecule has 0 spiro atoms. The number of fused-ring (bicyclic) bond motifs is 1. The molecule has 2 aromatic carbocycles. The standard InChI is InChI=1S/C23H27N3O7S/c1-13-10-16-20(33-14(2)22(27)24-16)12-21(13)34(29,30)26-9-5-6-18(26)23(28)25-17-11-15(31-3)7-8-19(17)32-4/h7-8,10-12,14,18H,5-6,9H2,1-4H3,(H,24,27)(H,25,28). The molecule has 2 aromatic rings. The lowest BCUT2D eigenvalue weighted by Gasteiger charge is -2.27. The van der Waals surface area contributed by atoms with Gasteiger partial charge in [0.1, 0.15) is 23.3 Å². The van der Waals surface area contributed by atoms with Crippen LogP contribution in [0.15, 0.2) is 35.2 Å². The van der Waals surface area contributed by atoms with Crippen LogP contribution in [0.1, 0.15) is 25.3 Å². The van der Waals surface area contributed by atoms with Crippen molar-refractivity contribution in [3.63, 3.8) is 0 Å². The minimum atomic E-state index is -4.02. The summed E-state index contributed by atoms with van der Waals surface area (Å²) in [6.07, 6.45) is 0.180. The quantitative estimate of drug-likeness (QED) is 0.639. The zero-order chi connectivity index (χ0) is 24.6. The van der Waals surface area contributed by atoms with Gasteiger partial charge >= 0.3 is 0 Å². The molecule has 2 N–H and O–H groups in total. The second-order valence-corrected chi connectivity index (χ2v) is 10.1. The fourth-order valence-corrected chi connectivity index (χ4v) is 6.04. The average Bonchev–Trinajstić information content (AvgIpc) is 3.31. The summed E-state index contributed by atoms with van der Waals surface area (Å²) >= 11 is 0. The fraction of sp³-hybridized carbons (Fsp3) is 0.391. The monoisotopic (exact) mass is 489 g/mol. The molecular formula is C23H27N3O7S. The van der Waals surface area contributed by atoms with Gasteiger partial charge in [0.05, 0.1) is 30.5 Å². The van der Waals surface area contributed by atoms with Gasteiger partial charge < -0.3 is 24.8 Å². The first-order chi connectivity index (χ1) is 16.1. The molecule has 0 radical (unpaired) electrons. The molecule has 4 rings (SSSR count). The van der Waals surface area contributed by atoms with Crippen LogP contribution < -0.4 is 24.8 Å². The number of rotatable bonds is 6. The molecular weight excluding hydrogens is 462 g/mol. The summed E-state index contributed by atoms with van der Waals surface area (Å²) in [5.74, 6) is 0.475. The minimum absolute atomic E-state index is 0.0354. The Bertz CT molecular complexity index is 1250. The number of methoxy groups -OCH3 is 2. The second kappa shape index (κ2) is 9.15. The van der Waals surface area contributed by atoms with E-state index >= 15 is 0 Å². The van der Waals surface area contributed by atoms with Crippen molar-refractivity contribution in [3.05, 3.63) is 35.9 Å². The Morgan fingerprint density at radius 2 is 1.97 bits per heavy atom. The van der Waals surface area contributed by atoms with E-state index in [0.29, 0.717) is 41.3 Å². The summed E-state index contributed by atoms with van der Waals surface area (Å²) in [4.78, 5) is 25.1. The molecule has 2 aliphatic heterocycles. The molecule has 2 aliphatic rings. The third kappa shape index (κ3) is 4.28. The number of carbonyl (C=O) groups is 2. The molecule has 2 amide bonds. The van der Waals surface area contributed by atoms with Gasteiger partial charge in [0.2, 0.25) is 15.9 Å². The molecule has 11 heteroatoms. The van der Waals surface area contributed by atoms with Crippen LogP contribution in [0.4, 0.5) is 11.4 Å². The van der Waals surface area contributed by atoms with E-state index in [1.165, 1.54) is 24.6 Å². The lowest BCUT2D eigenvalue weighted by Crippen LogP contribution is -2.43. The van der Waals surface area contributed by atoms with E-state index in [9.17, 15) is 18.0 Å². The van der Waals surface area contributed by atoms with Gasteiger partial charge in [-0.15, -0.1) is 0 Å². The smallest absolute Gasteiger partial charge is 0.265 e. The van der Waals surface area contributed by atoms with E-state index in [4.69, 9.17) is 14.2 Å². The Kier molecular flexibility index (Phi) is 6.41. The third-order valence-electron chi connectivity index (χ3n) is 5.97. The van der Waals surface area contributed by atoms with Crippen LogP contribution in [0, 0.1) is 6.92 Å². The number of aryl methyl sites for hydroxylation is 1. The van der Waals surface area contributed by atoms with Crippen molar-refractivity contribution in [1.29, 1.82) is 0 Å². The number of nitrogens with one attached hydrogen (secondary N) is 2. The summed E-state index contributed by atoms with van der Waals surface area (Å²) in [6.45, 7) is 3.43. The molecule has 0 saturated carbocycles. The van der Waals surface area contributed by atoms with Gasteiger partial charge in [0, 0.05) is 18.7 Å². The van der Waals surface area contributed by atoms with Crippen molar-refractivity contribution >= 4 is 33.2 Å². The Balaban J connectivity index is 1.63. The zero-order valence-corrected chi connectivity index (χ0v) is 20.2. The van der Waals surface area contributed by atoms with Gasteiger partial charge in [-0.25, -0.2) is 8.42 Å². The molecule has 34 heavy (non-hydrogen) atoms. The van der Waals surface area contributed by atoms with Crippen molar-refractivity contribution in [2.75, 3.05) is 31.4 Å². The lowest BCUT2D eigenvalue weighted by atomic mass is 10.1. The Morgan fingerprint density at radius 3 is 2.68 bits per heavy atom. The number of carbonyl (C=O) groups excluding carboxylic acids is 2. The summed E-state index contributed by atoms with van der Waals surface area (Å²) in [6, 6.07) is 7.06. The van der Waals surface area contributed by atoms with Crippen LogP contribution in [0.3, 0.4) is 0 Å². The molecule has 0 aliphatic carbocycles. The highest BCUT2D eigenvalue weighted by Gasteiger charge is 2.41. The van der Waals surface area contributed by atoms with Gasteiger partial charge in [0.25, 0.3) is 5.91 Å². The minimum Gasteiger partial charge on any atom is -0.497 e. The van der Waals surface area contributed by atoms with Gasteiger partial charge in [-0.3, -0.25) is 9.59 Å². The number of ether oxygens (including phenoxy) is 3. The molecule has 1 fully saturated rings. The predicted octanol–water partition coefficient (Wildman–Crippen LogP) is 2.52. The molecule has 1 saturated heterocycles. The normalized spacial score (nSPS) is 20.2. The summed E-state index contributed by atoms with van der Waals surface area (Å²) in [7, 11) is -1.04. The maximum atomic E-state index is 13.6. The Labute approximate surface area is 198 Å².